The number of aromatic nitrogens is 1. The number of rotatable bonds is 5. The van der Waals surface area contributed by atoms with E-state index >= 15 is 0 Å². The van der Waals surface area contributed by atoms with Crippen LogP contribution in [0.25, 0.3) is 0 Å². The molecule has 0 aliphatic heterocycles. The number of carbonyl (C=O) groups excluding carboxylic acids is 1. The van der Waals surface area contributed by atoms with E-state index in [0.717, 1.165) is 44.3 Å². The van der Waals surface area contributed by atoms with Crippen molar-refractivity contribution in [2.75, 3.05) is 12.4 Å². The van der Waals surface area contributed by atoms with Gasteiger partial charge in [-0.15, -0.1) is 0 Å². The zero-order valence-corrected chi connectivity index (χ0v) is 17.5. The molecule has 1 aromatic carbocycles. The quantitative estimate of drug-likeness (QED) is 0.801. The van der Waals surface area contributed by atoms with Crippen LogP contribution in [0, 0.1) is 0 Å². The smallest absolute Gasteiger partial charge is 0.266 e. The van der Waals surface area contributed by atoms with Gasteiger partial charge in [-0.3, -0.25) is 19.1 Å². The van der Waals surface area contributed by atoms with E-state index in [9.17, 15) is 9.59 Å². The molecule has 2 aromatic rings. The molecule has 0 atom stereocenters. The summed E-state index contributed by atoms with van der Waals surface area (Å²) in [5.41, 5.74) is 0.546. The van der Waals surface area contributed by atoms with Crippen LogP contribution in [0.15, 0.2) is 40.1 Å². The van der Waals surface area contributed by atoms with Crippen molar-refractivity contribution < 1.29 is 9.53 Å². The van der Waals surface area contributed by atoms with Gasteiger partial charge in [-0.2, -0.15) is 0 Å². The maximum absolute atomic E-state index is 13.0. The Hall–Kier alpha value is -2.41. The standard InChI is InChI=1S/C22H27N3O3S/c1-28-18-12-10-16(11-13-18)23-21(27)19-14-20(26)25(17-8-4-5-9-17)22(29-19)24-15-6-2-3-7-15/h10-15,17H,2-9H2,1H3,(H,23,27). The van der Waals surface area contributed by atoms with Crippen LogP contribution in [0.4, 0.5) is 5.69 Å². The van der Waals surface area contributed by atoms with Crippen LogP contribution in [0.5, 0.6) is 5.75 Å². The lowest BCUT2D eigenvalue weighted by molar-refractivity contribution is 0.103. The molecule has 0 radical (unpaired) electrons. The van der Waals surface area contributed by atoms with Crippen molar-refractivity contribution in [2.45, 2.75) is 63.5 Å². The first-order valence-corrected chi connectivity index (χ1v) is 11.2. The highest BCUT2D eigenvalue weighted by Crippen LogP contribution is 2.28. The normalized spacial score (nSPS) is 18.3. The molecule has 7 heteroatoms. The van der Waals surface area contributed by atoms with Crippen molar-refractivity contribution in [3.05, 3.63) is 50.4 Å². The van der Waals surface area contributed by atoms with Crippen molar-refractivity contribution in [3.8, 4) is 5.75 Å². The Kier molecular flexibility index (Phi) is 6.13. The predicted molar refractivity (Wildman–Crippen MR) is 115 cm³/mol. The number of ether oxygens (including phenoxy) is 1. The summed E-state index contributed by atoms with van der Waals surface area (Å²) in [6, 6.07) is 9.08. The second-order valence-corrected chi connectivity index (χ2v) is 8.80. The third-order valence-corrected chi connectivity index (χ3v) is 6.79. The van der Waals surface area contributed by atoms with Gasteiger partial charge in [0.2, 0.25) is 0 Å². The van der Waals surface area contributed by atoms with Gasteiger partial charge in [0.05, 0.1) is 13.2 Å². The molecule has 1 aromatic heterocycles. The Morgan fingerprint density at radius 2 is 1.76 bits per heavy atom. The molecule has 4 rings (SSSR count). The number of methoxy groups -OCH3 is 1. The zero-order chi connectivity index (χ0) is 20.2. The molecule has 2 saturated carbocycles. The lowest BCUT2D eigenvalue weighted by Gasteiger charge is -2.15. The van der Waals surface area contributed by atoms with Gasteiger partial charge in [0.25, 0.3) is 11.5 Å². The molecule has 0 spiro atoms. The van der Waals surface area contributed by atoms with E-state index in [2.05, 4.69) is 5.32 Å². The van der Waals surface area contributed by atoms with Gasteiger partial charge in [-0.1, -0.05) is 37.0 Å². The molecular formula is C22H27N3O3S. The highest BCUT2D eigenvalue weighted by atomic mass is 32.1. The van der Waals surface area contributed by atoms with Crippen LogP contribution < -0.4 is 20.4 Å². The van der Waals surface area contributed by atoms with E-state index in [1.807, 2.05) is 4.57 Å². The Bertz CT molecular complexity index is 982. The number of benzene rings is 1. The lowest BCUT2D eigenvalue weighted by atomic mass is 10.2. The van der Waals surface area contributed by atoms with Gasteiger partial charge in [0, 0.05) is 17.8 Å². The van der Waals surface area contributed by atoms with Crippen molar-refractivity contribution >= 4 is 22.9 Å². The van der Waals surface area contributed by atoms with E-state index in [1.54, 1.807) is 31.4 Å². The first-order chi connectivity index (χ1) is 14.1. The van der Waals surface area contributed by atoms with Gasteiger partial charge in [-0.05, 0) is 49.9 Å². The monoisotopic (exact) mass is 413 g/mol. The molecule has 2 aliphatic carbocycles. The van der Waals surface area contributed by atoms with Gasteiger partial charge in [0.15, 0.2) is 4.80 Å². The topological polar surface area (TPSA) is 72.7 Å². The lowest BCUT2D eigenvalue weighted by Crippen LogP contribution is -2.36. The van der Waals surface area contributed by atoms with Gasteiger partial charge < -0.3 is 10.1 Å². The Labute approximate surface area is 174 Å². The average molecular weight is 414 g/mol. The molecular weight excluding hydrogens is 386 g/mol. The van der Waals surface area contributed by atoms with Gasteiger partial charge >= 0.3 is 0 Å². The van der Waals surface area contributed by atoms with Crippen LogP contribution in [0.2, 0.25) is 0 Å². The summed E-state index contributed by atoms with van der Waals surface area (Å²) >= 11 is 1.33. The first-order valence-electron chi connectivity index (χ1n) is 10.4. The number of anilines is 1. The van der Waals surface area contributed by atoms with Crippen LogP contribution in [0.1, 0.15) is 67.1 Å². The third kappa shape index (κ3) is 4.61. The number of nitrogens with zero attached hydrogens (tertiary/aromatic N) is 2. The number of hydrogen-bond donors (Lipinski definition) is 1. The van der Waals surface area contributed by atoms with E-state index in [4.69, 9.17) is 9.73 Å². The fraction of sp³-hybridized carbons (Fsp3) is 0.500. The summed E-state index contributed by atoms with van der Waals surface area (Å²) in [5.74, 6) is 0.446. The second kappa shape index (κ2) is 8.95. The SMILES string of the molecule is COc1ccc(NC(=O)c2cc(=O)n(C3CCCC3)c(=NC3CCCC3)s2)cc1. The molecule has 2 aliphatic rings. The average Bonchev–Trinajstić information content (AvgIpc) is 3.42. The highest BCUT2D eigenvalue weighted by Gasteiger charge is 2.22. The minimum absolute atomic E-state index is 0.118. The molecule has 154 valence electrons. The molecule has 2 fully saturated rings. The summed E-state index contributed by atoms with van der Waals surface area (Å²) in [4.78, 5) is 31.8. The Morgan fingerprint density at radius 3 is 2.41 bits per heavy atom. The Morgan fingerprint density at radius 1 is 1.10 bits per heavy atom. The van der Waals surface area contributed by atoms with E-state index in [0.29, 0.717) is 15.4 Å². The summed E-state index contributed by atoms with van der Waals surface area (Å²) in [5, 5.41) is 2.87. The van der Waals surface area contributed by atoms with Crippen molar-refractivity contribution in [3.63, 3.8) is 0 Å². The van der Waals surface area contributed by atoms with E-state index in [-0.39, 0.29) is 23.6 Å². The summed E-state index contributed by atoms with van der Waals surface area (Å²) in [6.07, 6.45) is 8.80. The second-order valence-electron chi connectivity index (χ2n) is 7.79. The molecule has 0 saturated heterocycles. The van der Waals surface area contributed by atoms with E-state index in [1.165, 1.54) is 30.2 Å². The molecule has 6 nitrogen and oxygen atoms in total. The summed E-state index contributed by atoms with van der Waals surface area (Å²) in [6.45, 7) is 0. The van der Waals surface area contributed by atoms with Crippen LogP contribution in [-0.4, -0.2) is 23.6 Å². The van der Waals surface area contributed by atoms with Crippen LogP contribution in [0.3, 0.4) is 0 Å². The molecule has 0 bridgehead atoms. The van der Waals surface area contributed by atoms with Crippen molar-refractivity contribution in [1.29, 1.82) is 0 Å². The number of carbonyl (C=O) groups is 1. The highest BCUT2D eigenvalue weighted by molar-refractivity contribution is 7.11. The number of amides is 1. The van der Waals surface area contributed by atoms with Gasteiger partial charge in [-0.25, -0.2) is 0 Å². The fourth-order valence-electron chi connectivity index (χ4n) is 4.21. The first kappa shape index (κ1) is 19.9. The maximum atomic E-state index is 13.0. The third-order valence-electron chi connectivity index (χ3n) is 5.78. The minimum Gasteiger partial charge on any atom is -0.497 e. The molecule has 1 amide bonds. The summed E-state index contributed by atoms with van der Waals surface area (Å²) in [7, 11) is 1.60. The minimum atomic E-state index is -0.279. The van der Waals surface area contributed by atoms with Crippen LogP contribution >= 0.6 is 11.3 Å². The summed E-state index contributed by atoms with van der Waals surface area (Å²) < 4.78 is 7.00. The largest absolute Gasteiger partial charge is 0.497 e. The zero-order valence-electron chi connectivity index (χ0n) is 16.7. The maximum Gasteiger partial charge on any atom is 0.266 e. The molecule has 0 unspecified atom stereocenters. The predicted octanol–water partition coefficient (Wildman–Crippen LogP) is 4.13. The molecule has 1 heterocycles. The van der Waals surface area contributed by atoms with Crippen molar-refractivity contribution in [1.82, 2.24) is 4.57 Å². The van der Waals surface area contributed by atoms with Gasteiger partial charge in [0.1, 0.15) is 10.6 Å². The molecule has 29 heavy (non-hydrogen) atoms. The molecule has 1 N–H and O–H groups in total. The van der Waals surface area contributed by atoms with Crippen molar-refractivity contribution in [2.24, 2.45) is 4.99 Å². The van der Waals surface area contributed by atoms with E-state index < -0.39 is 0 Å². The number of nitrogens with one attached hydrogen (secondary N) is 1. The van der Waals surface area contributed by atoms with Crippen LogP contribution in [-0.2, 0) is 0 Å². The Balaban J connectivity index is 1.67. The fourth-order valence-corrected chi connectivity index (χ4v) is 5.25. The number of hydrogen-bond acceptors (Lipinski definition) is 5.